The van der Waals surface area contributed by atoms with Crippen molar-refractivity contribution in [1.82, 2.24) is 5.32 Å². The molecule has 8 heteroatoms. The SMILES string of the molecule is COC(=O)[C@@H](NC(=O)CCC(C)=CCc1c(OC)c(C)c2c(c1OC)C(=O)OC2)C(C)C. The standard InChI is InChI=1S/C24H33NO7/c1-13(2)20(24(28)31-7)25-18(26)11-9-14(3)8-10-16-21(29-5)15(4)17-12-32-23(27)19(17)22(16)30-6/h8,13,20H,9-12H2,1-7H3,(H,25,26)/t20-/m0/s1. The highest BCUT2D eigenvalue weighted by Gasteiger charge is 2.32. The summed E-state index contributed by atoms with van der Waals surface area (Å²) in [5.41, 5.74) is 3.85. The lowest BCUT2D eigenvalue weighted by molar-refractivity contribution is -0.146. The van der Waals surface area contributed by atoms with Crippen LogP contribution in [0.4, 0.5) is 0 Å². The summed E-state index contributed by atoms with van der Waals surface area (Å²) in [6.07, 6.45) is 3.22. The molecule has 2 rings (SSSR count). The van der Waals surface area contributed by atoms with Gasteiger partial charge in [0.1, 0.15) is 29.7 Å². The fraction of sp³-hybridized carbons (Fsp3) is 0.542. The van der Waals surface area contributed by atoms with Gasteiger partial charge in [-0.3, -0.25) is 4.79 Å². The predicted molar refractivity (Wildman–Crippen MR) is 119 cm³/mol. The maximum Gasteiger partial charge on any atom is 0.342 e. The maximum absolute atomic E-state index is 12.3. The Kier molecular flexibility index (Phi) is 8.69. The van der Waals surface area contributed by atoms with E-state index in [0.717, 1.165) is 22.3 Å². The van der Waals surface area contributed by atoms with Crippen molar-refractivity contribution in [3.05, 3.63) is 33.9 Å². The Morgan fingerprint density at radius 1 is 1.12 bits per heavy atom. The molecule has 0 bridgehead atoms. The lowest BCUT2D eigenvalue weighted by atomic mass is 9.94. The van der Waals surface area contributed by atoms with Crippen molar-refractivity contribution in [2.45, 2.75) is 59.6 Å². The molecule has 0 unspecified atom stereocenters. The highest BCUT2D eigenvalue weighted by Crippen LogP contribution is 2.42. The average molecular weight is 448 g/mol. The van der Waals surface area contributed by atoms with E-state index < -0.39 is 18.0 Å². The number of hydrogen-bond acceptors (Lipinski definition) is 7. The Morgan fingerprint density at radius 3 is 2.34 bits per heavy atom. The van der Waals surface area contributed by atoms with Crippen molar-refractivity contribution < 1.29 is 33.3 Å². The molecule has 176 valence electrons. The first kappa shape index (κ1) is 25.2. The minimum absolute atomic E-state index is 0.0716. The number of fused-ring (bicyclic) bond motifs is 1. The van der Waals surface area contributed by atoms with Crippen LogP contribution in [0.2, 0.25) is 0 Å². The second-order valence-electron chi connectivity index (χ2n) is 8.17. The van der Waals surface area contributed by atoms with Crippen LogP contribution in [0.25, 0.3) is 0 Å². The number of esters is 2. The third kappa shape index (κ3) is 5.41. The van der Waals surface area contributed by atoms with E-state index in [9.17, 15) is 14.4 Å². The number of methoxy groups -OCH3 is 3. The zero-order valence-electron chi connectivity index (χ0n) is 19.9. The van der Waals surface area contributed by atoms with E-state index in [2.05, 4.69) is 5.32 Å². The maximum atomic E-state index is 12.3. The number of carbonyl (C=O) groups excluding carboxylic acids is 3. The molecule has 0 aliphatic carbocycles. The number of nitrogens with one attached hydrogen (secondary N) is 1. The minimum atomic E-state index is -0.667. The molecule has 0 spiro atoms. The van der Waals surface area contributed by atoms with Crippen molar-refractivity contribution in [2.75, 3.05) is 21.3 Å². The molecule has 1 aliphatic heterocycles. The smallest absolute Gasteiger partial charge is 0.342 e. The number of allylic oxidation sites excluding steroid dienone is 2. The molecule has 0 saturated heterocycles. The summed E-state index contributed by atoms with van der Waals surface area (Å²) in [4.78, 5) is 36.4. The Labute approximate surface area is 189 Å². The molecule has 1 N–H and O–H groups in total. The fourth-order valence-corrected chi connectivity index (χ4v) is 3.79. The summed E-state index contributed by atoms with van der Waals surface area (Å²) in [6.45, 7) is 7.74. The Morgan fingerprint density at radius 2 is 1.78 bits per heavy atom. The van der Waals surface area contributed by atoms with Gasteiger partial charge in [-0.15, -0.1) is 0 Å². The molecule has 32 heavy (non-hydrogen) atoms. The average Bonchev–Trinajstić information content (AvgIpc) is 3.15. The number of carbonyl (C=O) groups is 3. The topological polar surface area (TPSA) is 100 Å². The quantitative estimate of drug-likeness (QED) is 0.434. The molecule has 1 aliphatic rings. The molecular weight excluding hydrogens is 414 g/mol. The van der Waals surface area contributed by atoms with Gasteiger partial charge in [0.15, 0.2) is 0 Å². The van der Waals surface area contributed by atoms with Crippen molar-refractivity contribution in [3.8, 4) is 11.5 Å². The number of rotatable bonds is 10. The van der Waals surface area contributed by atoms with Gasteiger partial charge in [-0.05, 0) is 38.2 Å². The summed E-state index contributed by atoms with van der Waals surface area (Å²) in [6, 6.07) is -0.667. The van der Waals surface area contributed by atoms with Crippen LogP contribution >= 0.6 is 0 Å². The first-order valence-corrected chi connectivity index (χ1v) is 10.6. The van der Waals surface area contributed by atoms with E-state index in [1.807, 2.05) is 33.8 Å². The van der Waals surface area contributed by atoms with Crippen LogP contribution in [0.15, 0.2) is 11.6 Å². The lowest BCUT2D eigenvalue weighted by Gasteiger charge is -2.20. The number of hydrogen-bond donors (Lipinski definition) is 1. The first-order valence-electron chi connectivity index (χ1n) is 10.6. The minimum Gasteiger partial charge on any atom is -0.496 e. The van der Waals surface area contributed by atoms with Crippen molar-refractivity contribution in [1.29, 1.82) is 0 Å². The predicted octanol–water partition coefficient (Wildman–Crippen LogP) is 3.27. The molecule has 0 saturated carbocycles. The molecule has 0 radical (unpaired) electrons. The molecule has 0 fully saturated rings. The number of amides is 1. The summed E-state index contributed by atoms with van der Waals surface area (Å²) in [5.74, 6) is -0.00849. The van der Waals surface area contributed by atoms with Crippen molar-refractivity contribution in [3.63, 3.8) is 0 Å². The number of benzene rings is 1. The summed E-state index contributed by atoms with van der Waals surface area (Å²) in [7, 11) is 4.41. The summed E-state index contributed by atoms with van der Waals surface area (Å²) in [5, 5.41) is 2.74. The Balaban J connectivity index is 2.14. The highest BCUT2D eigenvalue weighted by molar-refractivity contribution is 5.98. The second kappa shape index (κ2) is 11.0. The lowest BCUT2D eigenvalue weighted by Crippen LogP contribution is -2.44. The van der Waals surface area contributed by atoms with Gasteiger partial charge in [0.2, 0.25) is 5.91 Å². The molecule has 1 atom stereocenters. The van der Waals surface area contributed by atoms with Crippen molar-refractivity contribution >= 4 is 17.8 Å². The monoisotopic (exact) mass is 447 g/mol. The fourth-order valence-electron chi connectivity index (χ4n) is 3.79. The highest BCUT2D eigenvalue weighted by atomic mass is 16.5. The van der Waals surface area contributed by atoms with Gasteiger partial charge in [-0.25, -0.2) is 9.59 Å². The molecule has 1 aromatic rings. The molecule has 1 amide bonds. The van der Waals surface area contributed by atoms with E-state index in [1.54, 1.807) is 7.11 Å². The van der Waals surface area contributed by atoms with E-state index in [0.29, 0.717) is 29.9 Å². The second-order valence-corrected chi connectivity index (χ2v) is 8.17. The van der Waals surface area contributed by atoms with Crippen LogP contribution in [-0.4, -0.2) is 45.2 Å². The molecule has 1 heterocycles. The van der Waals surface area contributed by atoms with E-state index in [4.69, 9.17) is 18.9 Å². The van der Waals surface area contributed by atoms with Crippen LogP contribution in [0.1, 0.15) is 60.7 Å². The molecule has 0 aromatic heterocycles. The Hall–Kier alpha value is -3.03. The molecular formula is C24H33NO7. The summed E-state index contributed by atoms with van der Waals surface area (Å²) >= 11 is 0. The van der Waals surface area contributed by atoms with Crippen LogP contribution in [0.3, 0.4) is 0 Å². The Bertz CT molecular complexity index is 918. The van der Waals surface area contributed by atoms with E-state index in [-0.39, 0.29) is 24.9 Å². The van der Waals surface area contributed by atoms with Gasteiger partial charge in [-0.2, -0.15) is 0 Å². The third-order valence-corrected chi connectivity index (χ3v) is 5.67. The summed E-state index contributed by atoms with van der Waals surface area (Å²) < 4.78 is 21.1. The number of ether oxygens (including phenoxy) is 4. The van der Waals surface area contributed by atoms with Crippen molar-refractivity contribution in [2.24, 2.45) is 5.92 Å². The van der Waals surface area contributed by atoms with Gasteiger partial charge >= 0.3 is 11.9 Å². The molecule has 1 aromatic carbocycles. The van der Waals surface area contributed by atoms with Gasteiger partial charge in [-0.1, -0.05) is 25.5 Å². The van der Waals surface area contributed by atoms with E-state index >= 15 is 0 Å². The van der Waals surface area contributed by atoms with Gasteiger partial charge in [0, 0.05) is 17.5 Å². The van der Waals surface area contributed by atoms with E-state index in [1.165, 1.54) is 14.2 Å². The first-order chi connectivity index (χ1) is 15.2. The molecule has 8 nitrogen and oxygen atoms in total. The van der Waals surface area contributed by atoms with Crippen LogP contribution in [0.5, 0.6) is 11.5 Å². The largest absolute Gasteiger partial charge is 0.496 e. The van der Waals surface area contributed by atoms with Gasteiger partial charge in [0.25, 0.3) is 0 Å². The zero-order chi connectivity index (χ0) is 24.0. The van der Waals surface area contributed by atoms with Crippen LogP contribution < -0.4 is 14.8 Å². The zero-order valence-corrected chi connectivity index (χ0v) is 19.9. The van der Waals surface area contributed by atoms with Crippen LogP contribution in [-0.2, 0) is 32.1 Å². The third-order valence-electron chi connectivity index (χ3n) is 5.67. The van der Waals surface area contributed by atoms with Gasteiger partial charge < -0.3 is 24.3 Å². The normalized spacial score (nSPS) is 14.0. The van der Waals surface area contributed by atoms with Crippen LogP contribution in [0, 0.1) is 12.8 Å². The van der Waals surface area contributed by atoms with Gasteiger partial charge in [0.05, 0.1) is 21.3 Å². The number of cyclic esters (lactones) is 1.